The van der Waals surface area contributed by atoms with Gasteiger partial charge in [0.05, 0.1) is 0 Å². The van der Waals surface area contributed by atoms with E-state index in [0.717, 1.165) is 44.4 Å². The largest absolute Gasteiger partial charge is 0.352 e. The topological polar surface area (TPSA) is 55.1 Å². The van der Waals surface area contributed by atoms with E-state index in [2.05, 4.69) is 12.2 Å². The first-order valence-electron chi connectivity index (χ1n) is 7.39. The molecule has 106 valence electrons. The maximum Gasteiger partial charge on any atom is 0.220 e. The van der Waals surface area contributed by atoms with Gasteiger partial charge >= 0.3 is 0 Å². The summed E-state index contributed by atoms with van der Waals surface area (Å²) in [4.78, 5) is 11.8. The molecule has 4 heteroatoms. The van der Waals surface area contributed by atoms with Crippen molar-refractivity contribution in [1.29, 1.82) is 0 Å². The van der Waals surface area contributed by atoms with Gasteiger partial charge in [0.25, 0.3) is 0 Å². The Labute approximate surface area is 116 Å². The second kappa shape index (κ2) is 9.68. The Morgan fingerprint density at radius 1 is 1.28 bits per heavy atom. The van der Waals surface area contributed by atoms with E-state index >= 15 is 0 Å². The van der Waals surface area contributed by atoms with Crippen molar-refractivity contribution in [2.24, 2.45) is 5.73 Å². The minimum Gasteiger partial charge on any atom is -0.352 e. The van der Waals surface area contributed by atoms with Gasteiger partial charge in [0.2, 0.25) is 5.91 Å². The van der Waals surface area contributed by atoms with E-state index in [1.165, 1.54) is 12.8 Å². The Kier molecular flexibility index (Phi) is 8.51. The van der Waals surface area contributed by atoms with Crippen molar-refractivity contribution in [3.05, 3.63) is 0 Å². The Hall–Kier alpha value is -0.220. The molecule has 0 aromatic heterocycles. The zero-order chi connectivity index (χ0) is 13.2. The fraction of sp³-hybridized carbons (Fsp3) is 0.929. The van der Waals surface area contributed by atoms with Crippen LogP contribution in [0, 0.1) is 0 Å². The minimum atomic E-state index is 0.247. The molecule has 0 aliphatic heterocycles. The van der Waals surface area contributed by atoms with E-state index in [0.29, 0.717) is 17.7 Å². The lowest BCUT2D eigenvalue weighted by Crippen LogP contribution is -2.38. The SMILES string of the molecule is CCSC1CCCC1NC(=O)CCCCCCN. The van der Waals surface area contributed by atoms with Crippen molar-refractivity contribution in [2.45, 2.75) is 69.6 Å². The lowest BCUT2D eigenvalue weighted by atomic mass is 10.1. The van der Waals surface area contributed by atoms with E-state index in [9.17, 15) is 4.79 Å². The molecule has 1 aliphatic carbocycles. The first-order valence-corrected chi connectivity index (χ1v) is 8.43. The summed E-state index contributed by atoms with van der Waals surface area (Å²) in [7, 11) is 0. The summed E-state index contributed by atoms with van der Waals surface area (Å²) >= 11 is 2.00. The van der Waals surface area contributed by atoms with Crippen LogP contribution in [0.1, 0.15) is 58.3 Å². The van der Waals surface area contributed by atoms with Crippen LogP contribution in [0.15, 0.2) is 0 Å². The molecule has 3 N–H and O–H groups in total. The molecule has 0 spiro atoms. The highest BCUT2D eigenvalue weighted by Crippen LogP contribution is 2.29. The van der Waals surface area contributed by atoms with Crippen molar-refractivity contribution in [1.82, 2.24) is 5.32 Å². The number of amides is 1. The summed E-state index contributed by atoms with van der Waals surface area (Å²) in [5.41, 5.74) is 5.44. The maximum absolute atomic E-state index is 11.8. The normalized spacial score (nSPS) is 23.2. The third-order valence-corrected chi connectivity index (χ3v) is 4.86. The number of nitrogens with two attached hydrogens (primary N) is 1. The Balaban J connectivity index is 2.11. The van der Waals surface area contributed by atoms with Gasteiger partial charge < -0.3 is 11.1 Å². The van der Waals surface area contributed by atoms with E-state index in [4.69, 9.17) is 5.73 Å². The monoisotopic (exact) mass is 272 g/mol. The summed E-state index contributed by atoms with van der Waals surface area (Å²) in [5.74, 6) is 1.40. The van der Waals surface area contributed by atoms with Crippen LogP contribution in [0.4, 0.5) is 0 Å². The van der Waals surface area contributed by atoms with Crippen LogP contribution in [0.2, 0.25) is 0 Å². The Bertz CT molecular complexity index is 236. The van der Waals surface area contributed by atoms with E-state index in [-0.39, 0.29) is 5.91 Å². The standard InChI is InChI=1S/C14H28N2OS/c1-2-18-13-9-7-8-12(13)16-14(17)10-5-3-4-6-11-15/h12-13H,2-11,15H2,1H3,(H,16,17). The molecule has 18 heavy (non-hydrogen) atoms. The maximum atomic E-state index is 11.8. The number of thioether (sulfide) groups is 1. The lowest BCUT2D eigenvalue weighted by molar-refractivity contribution is -0.121. The molecule has 0 bridgehead atoms. The van der Waals surface area contributed by atoms with E-state index < -0.39 is 0 Å². The number of carbonyl (C=O) groups is 1. The summed E-state index contributed by atoms with van der Waals surface area (Å²) in [6.07, 6.45) is 8.74. The lowest BCUT2D eigenvalue weighted by Gasteiger charge is -2.20. The molecule has 3 nitrogen and oxygen atoms in total. The van der Waals surface area contributed by atoms with Crippen LogP contribution in [0.3, 0.4) is 0 Å². The van der Waals surface area contributed by atoms with Gasteiger partial charge in [-0.2, -0.15) is 11.8 Å². The van der Waals surface area contributed by atoms with Crippen LogP contribution in [-0.2, 0) is 4.79 Å². The van der Waals surface area contributed by atoms with Crippen LogP contribution < -0.4 is 11.1 Å². The van der Waals surface area contributed by atoms with Crippen molar-refractivity contribution >= 4 is 17.7 Å². The average molecular weight is 272 g/mol. The first-order chi connectivity index (χ1) is 8.77. The first kappa shape index (κ1) is 15.8. The number of carbonyl (C=O) groups excluding carboxylic acids is 1. The second-order valence-electron chi connectivity index (χ2n) is 5.05. The molecule has 1 amide bonds. The molecule has 0 radical (unpaired) electrons. The predicted octanol–water partition coefficient (Wildman–Crippen LogP) is 2.69. The van der Waals surface area contributed by atoms with Gasteiger partial charge in [-0.05, 0) is 38.0 Å². The van der Waals surface area contributed by atoms with Gasteiger partial charge in [-0.3, -0.25) is 4.79 Å². The molecule has 2 unspecified atom stereocenters. The minimum absolute atomic E-state index is 0.247. The molecule has 1 rings (SSSR count). The van der Waals surface area contributed by atoms with Gasteiger partial charge in [0.1, 0.15) is 0 Å². The van der Waals surface area contributed by atoms with E-state index in [1.54, 1.807) is 0 Å². The van der Waals surface area contributed by atoms with Crippen LogP contribution >= 0.6 is 11.8 Å². The average Bonchev–Trinajstić information content (AvgIpc) is 2.77. The van der Waals surface area contributed by atoms with Crippen molar-refractivity contribution in [2.75, 3.05) is 12.3 Å². The Morgan fingerprint density at radius 2 is 2.06 bits per heavy atom. The van der Waals surface area contributed by atoms with Crippen LogP contribution in [0.25, 0.3) is 0 Å². The van der Waals surface area contributed by atoms with Crippen molar-refractivity contribution in [3.63, 3.8) is 0 Å². The van der Waals surface area contributed by atoms with Gasteiger partial charge in [0.15, 0.2) is 0 Å². The molecule has 0 aromatic carbocycles. The quantitative estimate of drug-likeness (QED) is 0.635. The van der Waals surface area contributed by atoms with Gasteiger partial charge in [-0.1, -0.05) is 26.2 Å². The fourth-order valence-corrected chi connectivity index (χ4v) is 3.77. The molecule has 0 aromatic rings. The smallest absolute Gasteiger partial charge is 0.220 e. The summed E-state index contributed by atoms with van der Waals surface area (Å²) < 4.78 is 0. The highest BCUT2D eigenvalue weighted by Gasteiger charge is 2.27. The number of hydrogen-bond acceptors (Lipinski definition) is 3. The zero-order valence-electron chi connectivity index (χ0n) is 11.6. The molecular weight excluding hydrogens is 244 g/mol. The molecule has 1 aliphatic rings. The van der Waals surface area contributed by atoms with Gasteiger partial charge in [0, 0.05) is 17.7 Å². The summed E-state index contributed by atoms with van der Waals surface area (Å²) in [6.45, 7) is 2.96. The van der Waals surface area contributed by atoms with Crippen molar-refractivity contribution in [3.8, 4) is 0 Å². The summed E-state index contributed by atoms with van der Waals surface area (Å²) in [6, 6.07) is 0.423. The molecular formula is C14H28N2OS. The van der Waals surface area contributed by atoms with Gasteiger partial charge in [-0.25, -0.2) is 0 Å². The third-order valence-electron chi connectivity index (χ3n) is 3.54. The molecule has 0 saturated heterocycles. The number of nitrogens with one attached hydrogen (secondary N) is 1. The van der Waals surface area contributed by atoms with Crippen molar-refractivity contribution < 1.29 is 4.79 Å². The zero-order valence-corrected chi connectivity index (χ0v) is 12.4. The van der Waals surface area contributed by atoms with Gasteiger partial charge in [-0.15, -0.1) is 0 Å². The van der Waals surface area contributed by atoms with E-state index in [1.807, 2.05) is 11.8 Å². The third kappa shape index (κ3) is 6.10. The Morgan fingerprint density at radius 3 is 2.78 bits per heavy atom. The molecule has 2 atom stereocenters. The highest BCUT2D eigenvalue weighted by atomic mass is 32.2. The highest BCUT2D eigenvalue weighted by molar-refractivity contribution is 7.99. The molecule has 1 fully saturated rings. The molecule has 1 saturated carbocycles. The molecule has 0 heterocycles. The van der Waals surface area contributed by atoms with Crippen LogP contribution in [0.5, 0.6) is 0 Å². The number of unbranched alkanes of at least 4 members (excludes halogenated alkanes) is 3. The number of hydrogen-bond donors (Lipinski definition) is 2. The van der Waals surface area contributed by atoms with Crippen LogP contribution in [-0.4, -0.2) is 29.5 Å². The fourth-order valence-electron chi connectivity index (χ4n) is 2.57. The predicted molar refractivity (Wildman–Crippen MR) is 79.8 cm³/mol. The summed E-state index contributed by atoms with van der Waals surface area (Å²) in [5, 5.41) is 3.87. The number of rotatable bonds is 9. The second-order valence-corrected chi connectivity index (χ2v) is 6.57.